The zero-order chi connectivity index (χ0) is 10.1. The van der Waals surface area contributed by atoms with Crippen LogP contribution in [-0.2, 0) is 4.79 Å². The number of nitrogens with zero attached hydrogens (tertiary/aromatic N) is 1. The summed E-state index contributed by atoms with van der Waals surface area (Å²) in [6.07, 6.45) is 8.30. The molecule has 3 nitrogen and oxygen atoms in total. The van der Waals surface area contributed by atoms with Gasteiger partial charge in [-0.1, -0.05) is 24.8 Å². The first-order valence-electron chi connectivity index (χ1n) is 3.51. The largest absolute Gasteiger partial charge is 0.478 e. The molecular weight excluding hydrogens is 166 g/mol. The van der Waals surface area contributed by atoms with Crippen molar-refractivity contribution in [3.05, 3.63) is 48.6 Å². The highest BCUT2D eigenvalue weighted by Gasteiger charge is 1.99. The van der Waals surface area contributed by atoms with Crippen LogP contribution in [0.5, 0.6) is 0 Å². The molecule has 0 saturated heterocycles. The molecular formula is C10H9NO2. The van der Waals surface area contributed by atoms with Crippen LogP contribution in [0.1, 0.15) is 0 Å². The van der Waals surface area contributed by atoms with Crippen LogP contribution in [0.25, 0.3) is 0 Å². The predicted octanol–water partition coefficient (Wildman–Crippen LogP) is 1.82. The number of nitriles is 1. The van der Waals surface area contributed by atoms with E-state index >= 15 is 0 Å². The molecule has 0 aliphatic heterocycles. The third-order valence-electron chi connectivity index (χ3n) is 1.11. The van der Waals surface area contributed by atoms with Gasteiger partial charge in [0.05, 0.1) is 11.6 Å². The van der Waals surface area contributed by atoms with Crippen LogP contribution in [-0.4, -0.2) is 11.1 Å². The molecule has 0 radical (unpaired) electrons. The number of rotatable bonds is 4. The van der Waals surface area contributed by atoms with Crippen molar-refractivity contribution in [1.82, 2.24) is 0 Å². The Balaban J connectivity index is 4.62. The van der Waals surface area contributed by atoms with E-state index in [0.717, 1.165) is 0 Å². The molecule has 0 bridgehead atoms. The Morgan fingerprint density at radius 3 is 2.62 bits per heavy atom. The van der Waals surface area contributed by atoms with Gasteiger partial charge in [-0.15, -0.1) is 0 Å². The number of carboxylic acid groups (broad SMARTS) is 1. The number of allylic oxidation sites excluding steroid dienone is 5. The molecule has 1 N–H and O–H groups in total. The zero-order valence-corrected chi connectivity index (χ0v) is 6.97. The Morgan fingerprint density at radius 2 is 2.15 bits per heavy atom. The number of carboxylic acids is 1. The van der Waals surface area contributed by atoms with Crippen molar-refractivity contribution >= 4 is 5.97 Å². The van der Waals surface area contributed by atoms with Crippen molar-refractivity contribution in [3.63, 3.8) is 0 Å². The molecule has 0 atom stereocenters. The molecule has 66 valence electrons. The van der Waals surface area contributed by atoms with E-state index in [1.807, 2.05) is 0 Å². The fourth-order valence-corrected chi connectivity index (χ4v) is 0.565. The predicted molar refractivity (Wildman–Crippen MR) is 49.8 cm³/mol. The summed E-state index contributed by atoms with van der Waals surface area (Å²) in [4.78, 5) is 10.5. The third-order valence-corrected chi connectivity index (χ3v) is 1.11. The number of aliphatic carboxylic acids is 1. The maximum absolute atomic E-state index is 10.5. The highest BCUT2D eigenvalue weighted by atomic mass is 16.4. The first-order valence-corrected chi connectivity index (χ1v) is 3.51. The van der Waals surface area contributed by atoms with E-state index in [0.29, 0.717) is 0 Å². The third kappa shape index (κ3) is 5.22. The first-order chi connectivity index (χ1) is 6.22. The Hall–Kier alpha value is -2.08. The van der Waals surface area contributed by atoms with Crippen molar-refractivity contribution in [3.8, 4) is 6.07 Å². The maximum atomic E-state index is 10.5. The van der Waals surface area contributed by atoms with Crippen LogP contribution in [0.15, 0.2) is 48.6 Å². The smallest absolute Gasteiger partial charge is 0.335 e. The molecule has 0 heterocycles. The molecule has 13 heavy (non-hydrogen) atoms. The van der Waals surface area contributed by atoms with Gasteiger partial charge in [-0.3, -0.25) is 0 Å². The summed E-state index contributed by atoms with van der Waals surface area (Å²) in [6.45, 7) is 3.41. The Labute approximate surface area is 76.6 Å². The standard InChI is InChI=1S/C10H9NO2/c1-2-3-6-9(10(12)13)7-4-5-8-11/h2-7H,1H2,(H,12,13). The molecule has 0 aliphatic rings. The van der Waals surface area contributed by atoms with Crippen LogP contribution in [0.3, 0.4) is 0 Å². The van der Waals surface area contributed by atoms with Gasteiger partial charge in [-0.2, -0.15) is 5.26 Å². The van der Waals surface area contributed by atoms with E-state index in [2.05, 4.69) is 6.58 Å². The normalized spacial score (nSPS) is 11.8. The van der Waals surface area contributed by atoms with Gasteiger partial charge in [0.25, 0.3) is 0 Å². The highest BCUT2D eigenvalue weighted by molar-refractivity contribution is 5.90. The summed E-state index contributed by atoms with van der Waals surface area (Å²) in [5.41, 5.74) is 0.103. The molecule has 0 aromatic carbocycles. The zero-order valence-electron chi connectivity index (χ0n) is 6.97. The SMILES string of the molecule is C=CC=CC(=CC=CC#N)C(=O)O. The summed E-state index contributed by atoms with van der Waals surface area (Å²) in [5.74, 6) is -1.04. The number of hydrogen-bond acceptors (Lipinski definition) is 2. The van der Waals surface area contributed by atoms with Gasteiger partial charge in [0.1, 0.15) is 0 Å². The minimum Gasteiger partial charge on any atom is -0.478 e. The van der Waals surface area contributed by atoms with Crippen LogP contribution < -0.4 is 0 Å². The van der Waals surface area contributed by atoms with Gasteiger partial charge < -0.3 is 5.11 Å². The second-order valence-electron chi connectivity index (χ2n) is 2.01. The lowest BCUT2D eigenvalue weighted by atomic mass is 10.2. The monoisotopic (exact) mass is 175 g/mol. The summed E-state index contributed by atoms with van der Waals surface area (Å²) in [6, 6.07) is 1.76. The highest BCUT2D eigenvalue weighted by Crippen LogP contribution is 1.97. The van der Waals surface area contributed by atoms with Crippen molar-refractivity contribution in [2.24, 2.45) is 0 Å². The summed E-state index contributed by atoms with van der Waals surface area (Å²) in [5, 5.41) is 16.8. The molecule has 0 saturated carbocycles. The molecule has 0 rings (SSSR count). The fraction of sp³-hybridized carbons (Fsp3) is 0. The average molecular weight is 175 g/mol. The molecule has 0 amide bonds. The molecule has 0 aromatic rings. The molecule has 3 heteroatoms. The minimum absolute atomic E-state index is 0.103. The lowest BCUT2D eigenvalue weighted by molar-refractivity contribution is -0.132. The summed E-state index contributed by atoms with van der Waals surface area (Å²) >= 11 is 0. The van der Waals surface area contributed by atoms with E-state index < -0.39 is 5.97 Å². The molecule has 0 unspecified atom stereocenters. The summed E-state index contributed by atoms with van der Waals surface area (Å²) in [7, 11) is 0. The first kappa shape index (κ1) is 10.9. The van der Waals surface area contributed by atoms with Crippen LogP contribution in [0, 0.1) is 11.3 Å². The van der Waals surface area contributed by atoms with Gasteiger partial charge >= 0.3 is 5.97 Å². The minimum atomic E-state index is -1.04. The van der Waals surface area contributed by atoms with Crippen molar-refractivity contribution < 1.29 is 9.90 Å². The molecule has 0 aromatic heterocycles. The fourth-order valence-electron chi connectivity index (χ4n) is 0.565. The Kier molecular flexibility index (Phi) is 5.56. The van der Waals surface area contributed by atoms with Gasteiger partial charge in [-0.25, -0.2) is 4.79 Å². The van der Waals surface area contributed by atoms with Crippen LogP contribution in [0.2, 0.25) is 0 Å². The summed E-state index contributed by atoms with van der Waals surface area (Å²) < 4.78 is 0. The number of hydrogen-bond donors (Lipinski definition) is 1. The van der Waals surface area contributed by atoms with E-state index in [4.69, 9.17) is 10.4 Å². The van der Waals surface area contributed by atoms with Gasteiger partial charge in [0.2, 0.25) is 0 Å². The van der Waals surface area contributed by atoms with Crippen molar-refractivity contribution in [1.29, 1.82) is 5.26 Å². The van der Waals surface area contributed by atoms with E-state index in [-0.39, 0.29) is 5.57 Å². The lowest BCUT2D eigenvalue weighted by Crippen LogP contribution is -1.96. The molecule has 0 aliphatic carbocycles. The van der Waals surface area contributed by atoms with Gasteiger partial charge in [0, 0.05) is 6.08 Å². The quantitative estimate of drug-likeness (QED) is 0.402. The molecule has 0 fully saturated rings. The van der Waals surface area contributed by atoms with E-state index in [1.54, 1.807) is 6.07 Å². The average Bonchev–Trinajstić information content (AvgIpc) is 2.10. The van der Waals surface area contributed by atoms with Gasteiger partial charge in [-0.05, 0) is 12.2 Å². The Morgan fingerprint density at radius 1 is 1.46 bits per heavy atom. The second kappa shape index (κ2) is 6.62. The topological polar surface area (TPSA) is 61.1 Å². The van der Waals surface area contributed by atoms with Gasteiger partial charge in [0.15, 0.2) is 0 Å². The van der Waals surface area contributed by atoms with E-state index in [1.165, 1.54) is 36.5 Å². The van der Waals surface area contributed by atoms with E-state index in [9.17, 15) is 4.79 Å². The maximum Gasteiger partial charge on any atom is 0.335 e. The van der Waals surface area contributed by atoms with Crippen molar-refractivity contribution in [2.75, 3.05) is 0 Å². The second-order valence-corrected chi connectivity index (χ2v) is 2.01. The van der Waals surface area contributed by atoms with Crippen LogP contribution >= 0.6 is 0 Å². The molecule has 0 spiro atoms. The number of carbonyl (C=O) groups is 1. The van der Waals surface area contributed by atoms with Crippen LogP contribution in [0.4, 0.5) is 0 Å². The lowest BCUT2D eigenvalue weighted by Gasteiger charge is -1.89. The Bertz CT molecular complexity index is 316. The van der Waals surface area contributed by atoms with Crippen molar-refractivity contribution in [2.45, 2.75) is 0 Å².